The van der Waals surface area contributed by atoms with Gasteiger partial charge in [0.25, 0.3) is 0 Å². The van der Waals surface area contributed by atoms with Crippen molar-refractivity contribution in [3.8, 4) is 0 Å². The molecule has 0 bridgehead atoms. The molecule has 166 valence electrons. The van der Waals surface area contributed by atoms with Gasteiger partial charge in [0, 0.05) is 23.9 Å². The molecule has 0 radical (unpaired) electrons. The fraction of sp³-hybridized carbons (Fsp3) is 0.450. The summed E-state index contributed by atoms with van der Waals surface area (Å²) in [5.74, 6) is 0. The van der Waals surface area contributed by atoms with Crippen molar-refractivity contribution in [1.29, 1.82) is 0 Å². The van der Waals surface area contributed by atoms with Gasteiger partial charge < -0.3 is 15.5 Å². The van der Waals surface area contributed by atoms with Crippen molar-refractivity contribution in [2.24, 2.45) is 0 Å². The first-order chi connectivity index (χ1) is 14.8. The molecule has 0 atom stereocenters. The highest BCUT2D eigenvalue weighted by Crippen LogP contribution is 2.35. The fourth-order valence-corrected chi connectivity index (χ4v) is 4.86. The summed E-state index contributed by atoms with van der Waals surface area (Å²) in [6.07, 6.45) is 0.0820. The molecule has 1 aliphatic heterocycles. The molecule has 4 amide bonds. The first-order valence-electron chi connectivity index (χ1n) is 10.1. The van der Waals surface area contributed by atoms with Crippen molar-refractivity contribution in [3.05, 3.63) is 40.4 Å². The van der Waals surface area contributed by atoms with Crippen LogP contribution in [0.1, 0.15) is 41.8 Å². The van der Waals surface area contributed by atoms with Crippen LogP contribution in [0.25, 0.3) is 0 Å². The summed E-state index contributed by atoms with van der Waals surface area (Å²) >= 11 is 1.27. The third-order valence-electron chi connectivity index (χ3n) is 5.40. The zero-order chi connectivity index (χ0) is 22.0. The van der Waals surface area contributed by atoms with Crippen LogP contribution in [-0.2, 0) is 19.1 Å². The highest BCUT2D eigenvalue weighted by molar-refractivity contribution is 7.15. The van der Waals surface area contributed by atoms with E-state index in [1.54, 1.807) is 0 Å². The van der Waals surface area contributed by atoms with Crippen LogP contribution in [0.2, 0.25) is 0 Å². The van der Waals surface area contributed by atoms with E-state index in [0.717, 1.165) is 42.3 Å². The van der Waals surface area contributed by atoms with Gasteiger partial charge in [0.2, 0.25) is 0 Å². The minimum Gasteiger partial charge on any atom is -0.335 e. The Balaban J connectivity index is 1.38. The van der Waals surface area contributed by atoms with Gasteiger partial charge in [0.15, 0.2) is 5.13 Å². The number of urea groups is 2. The third kappa shape index (κ3) is 5.09. The van der Waals surface area contributed by atoms with E-state index in [9.17, 15) is 22.8 Å². The van der Waals surface area contributed by atoms with Crippen molar-refractivity contribution >= 4 is 34.2 Å². The number of carbonyl (C=O) groups is 2. The number of nitrogens with zero attached hydrogens (tertiary/aromatic N) is 2. The van der Waals surface area contributed by atoms with Gasteiger partial charge in [0.1, 0.15) is 0 Å². The second kappa shape index (κ2) is 8.74. The van der Waals surface area contributed by atoms with E-state index in [-0.39, 0.29) is 24.3 Å². The Morgan fingerprint density at radius 2 is 1.87 bits per heavy atom. The molecule has 31 heavy (non-hydrogen) atoms. The number of fused-ring (bicyclic) bond motifs is 1. The summed E-state index contributed by atoms with van der Waals surface area (Å²) in [7, 11) is 0. The summed E-state index contributed by atoms with van der Waals surface area (Å²) < 4.78 is 39.5. The molecular weight excluding hydrogens is 431 g/mol. The number of rotatable bonds is 3. The zero-order valence-corrected chi connectivity index (χ0v) is 17.4. The lowest BCUT2D eigenvalue weighted by atomic mass is 10.1. The minimum absolute atomic E-state index is 0.188. The number of halogens is 3. The van der Waals surface area contributed by atoms with Crippen molar-refractivity contribution in [2.45, 2.75) is 50.9 Å². The number of anilines is 2. The van der Waals surface area contributed by atoms with E-state index in [1.807, 2.05) is 0 Å². The van der Waals surface area contributed by atoms with Gasteiger partial charge in [-0.2, -0.15) is 13.2 Å². The van der Waals surface area contributed by atoms with Gasteiger partial charge in [-0.15, -0.1) is 0 Å². The van der Waals surface area contributed by atoms with Crippen molar-refractivity contribution in [3.63, 3.8) is 0 Å². The Morgan fingerprint density at radius 1 is 1.13 bits per heavy atom. The molecule has 3 N–H and O–H groups in total. The Morgan fingerprint density at radius 3 is 2.61 bits per heavy atom. The highest BCUT2D eigenvalue weighted by Gasteiger charge is 2.34. The number of para-hydroxylation sites is 1. The maximum atomic E-state index is 13.2. The number of alkyl halides is 3. The standard InChI is InChI=1S/C20H22F3N5O2S/c21-20(22,23)13-7-3-4-8-14(13)26-19(30)28-10-9-15-16(11-28)31-18(25-15)27-17(29)24-12-5-1-2-6-12/h3-4,7-8,12H,1-2,5-6,9-11H2,(H,26,30)(H2,24,25,27,29). The normalized spacial score (nSPS) is 16.7. The maximum Gasteiger partial charge on any atom is 0.418 e. The predicted octanol–water partition coefficient (Wildman–Crippen LogP) is 4.82. The molecule has 2 aromatic rings. The molecule has 1 aliphatic carbocycles. The molecule has 0 saturated heterocycles. The largest absolute Gasteiger partial charge is 0.418 e. The van der Waals surface area contributed by atoms with Gasteiger partial charge in [-0.05, 0) is 25.0 Å². The number of aromatic nitrogens is 1. The highest BCUT2D eigenvalue weighted by atomic mass is 32.1. The Hall–Kier alpha value is -2.82. The lowest BCUT2D eigenvalue weighted by molar-refractivity contribution is -0.136. The smallest absolute Gasteiger partial charge is 0.335 e. The Labute approximate surface area is 181 Å². The number of hydrogen-bond acceptors (Lipinski definition) is 4. The van der Waals surface area contributed by atoms with E-state index < -0.39 is 17.8 Å². The Bertz CT molecular complexity index is 972. The molecule has 1 fully saturated rings. The maximum absolute atomic E-state index is 13.2. The molecular formula is C20H22F3N5O2S. The quantitative estimate of drug-likeness (QED) is 0.623. The molecule has 1 aromatic carbocycles. The summed E-state index contributed by atoms with van der Waals surface area (Å²) in [4.78, 5) is 31.4. The topological polar surface area (TPSA) is 86.4 Å². The first kappa shape index (κ1) is 21.4. The van der Waals surface area contributed by atoms with Crippen LogP contribution >= 0.6 is 11.3 Å². The Kier molecular flexibility index (Phi) is 6.03. The zero-order valence-electron chi connectivity index (χ0n) is 16.6. The molecule has 1 saturated carbocycles. The van der Waals surface area contributed by atoms with Crippen LogP contribution in [-0.4, -0.2) is 34.5 Å². The van der Waals surface area contributed by atoms with E-state index in [0.29, 0.717) is 18.1 Å². The van der Waals surface area contributed by atoms with E-state index in [2.05, 4.69) is 20.9 Å². The van der Waals surface area contributed by atoms with Crippen molar-refractivity contribution in [1.82, 2.24) is 15.2 Å². The van der Waals surface area contributed by atoms with Gasteiger partial charge >= 0.3 is 18.2 Å². The number of benzene rings is 1. The second-order valence-electron chi connectivity index (χ2n) is 7.61. The minimum atomic E-state index is -4.56. The summed E-state index contributed by atoms with van der Waals surface area (Å²) in [5.41, 5.74) is -0.374. The molecule has 2 aliphatic rings. The predicted molar refractivity (Wildman–Crippen MR) is 111 cm³/mol. The molecule has 11 heteroatoms. The fourth-order valence-electron chi connectivity index (χ4n) is 3.84. The van der Waals surface area contributed by atoms with Gasteiger partial charge in [-0.25, -0.2) is 14.6 Å². The third-order valence-corrected chi connectivity index (χ3v) is 6.40. The lowest BCUT2D eigenvalue weighted by Gasteiger charge is -2.26. The molecule has 0 unspecified atom stereocenters. The van der Waals surface area contributed by atoms with Crippen molar-refractivity contribution < 1.29 is 22.8 Å². The van der Waals surface area contributed by atoms with Gasteiger partial charge in [0.05, 0.1) is 23.5 Å². The number of thiazole rings is 1. The average molecular weight is 453 g/mol. The molecule has 7 nitrogen and oxygen atoms in total. The lowest BCUT2D eigenvalue weighted by Crippen LogP contribution is -2.38. The van der Waals surface area contributed by atoms with E-state index in [1.165, 1.54) is 34.4 Å². The van der Waals surface area contributed by atoms with Crippen LogP contribution in [0.3, 0.4) is 0 Å². The average Bonchev–Trinajstić information content (AvgIpc) is 3.35. The molecule has 0 spiro atoms. The summed E-state index contributed by atoms with van der Waals surface area (Å²) in [5, 5.41) is 8.49. The molecule has 2 heterocycles. The monoisotopic (exact) mass is 453 g/mol. The molecule has 4 rings (SSSR count). The van der Waals surface area contributed by atoms with Crippen LogP contribution in [0.15, 0.2) is 24.3 Å². The molecule has 1 aromatic heterocycles. The van der Waals surface area contributed by atoms with Crippen LogP contribution in [0.5, 0.6) is 0 Å². The van der Waals surface area contributed by atoms with Crippen LogP contribution < -0.4 is 16.0 Å². The van der Waals surface area contributed by atoms with E-state index >= 15 is 0 Å². The number of hydrogen-bond donors (Lipinski definition) is 3. The summed E-state index contributed by atoms with van der Waals surface area (Å²) in [6.45, 7) is 0.545. The van der Waals surface area contributed by atoms with E-state index in [4.69, 9.17) is 0 Å². The van der Waals surface area contributed by atoms with Crippen LogP contribution in [0.4, 0.5) is 33.6 Å². The first-order valence-corrected chi connectivity index (χ1v) is 10.9. The van der Waals surface area contributed by atoms with Crippen LogP contribution in [0, 0.1) is 0 Å². The van der Waals surface area contributed by atoms with Gasteiger partial charge in [-0.1, -0.05) is 36.3 Å². The number of amides is 4. The number of carbonyl (C=O) groups excluding carboxylic acids is 2. The van der Waals surface area contributed by atoms with Gasteiger partial charge in [-0.3, -0.25) is 5.32 Å². The van der Waals surface area contributed by atoms with Crippen molar-refractivity contribution in [2.75, 3.05) is 17.2 Å². The second-order valence-corrected chi connectivity index (χ2v) is 8.70. The SMILES string of the molecule is O=C(Nc1nc2c(s1)CN(C(=O)Nc1ccccc1C(F)(F)F)CC2)NC1CCCC1. The summed E-state index contributed by atoms with van der Waals surface area (Å²) in [6, 6.07) is 4.17. The number of nitrogens with one attached hydrogen (secondary N) is 3.